The van der Waals surface area contributed by atoms with Crippen LogP contribution in [0.1, 0.15) is 44.9 Å². The van der Waals surface area contributed by atoms with Gasteiger partial charge in [0.2, 0.25) is 0 Å². The Morgan fingerprint density at radius 3 is 2.36 bits per heavy atom. The SMILES string of the molecule is NC(N)CCCCC1CCC1. The van der Waals surface area contributed by atoms with E-state index in [1.54, 1.807) is 0 Å². The Bertz CT molecular complexity index is 97.7. The van der Waals surface area contributed by atoms with E-state index in [2.05, 4.69) is 0 Å². The standard InChI is InChI=1S/C9H20N2/c10-9(11)7-2-1-4-8-5-3-6-8/h8-9H,1-7,10-11H2. The Morgan fingerprint density at radius 2 is 1.91 bits per heavy atom. The molecule has 1 aliphatic carbocycles. The van der Waals surface area contributed by atoms with Gasteiger partial charge in [-0.05, 0) is 12.3 Å². The minimum Gasteiger partial charge on any atom is -0.316 e. The highest BCUT2D eigenvalue weighted by molar-refractivity contribution is 4.69. The van der Waals surface area contributed by atoms with E-state index in [1.807, 2.05) is 0 Å². The van der Waals surface area contributed by atoms with Gasteiger partial charge in [-0.2, -0.15) is 0 Å². The van der Waals surface area contributed by atoms with Crippen molar-refractivity contribution in [2.75, 3.05) is 0 Å². The fourth-order valence-electron chi connectivity index (χ4n) is 1.59. The fourth-order valence-corrected chi connectivity index (χ4v) is 1.59. The molecule has 1 saturated carbocycles. The molecule has 0 aromatic carbocycles. The molecule has 0 amide bonds. The van der Waals surface area contributed by atoms with Crippen molar-refractivity contribution in [3.05, 3.63) is 0 Å². The van der Waals surface area contributed by atoms with Gasteiger partial charge in [0.1, 0.15) is 0 Å². The molecule has 0 bridgehead atoms. The first kappa shape index (κ1) is 9.01. The smallest absolute Gasteiger partial charge is 0.0520 e. The minimum absolute atomic E-state index is 0.0867. The average Bonchev–Trinajstić information content (AvgIpc) is 1.82. The van der Waals surface area contributed by atoms with Crippen molar-refractivity contribution in [1.82, 2.24) is 0 Å². The van der Waals surface area contributed by atoms with Crippen molar-refractivity contribution in [2.24, 2.45) is 17.4 Å². The van der Waals surface area contributed by atoms with E-state index in [-0.39, 0.29) is 6.17 Å². The van der Waals surface area contributed by atoms with Crippen LogP contribution in [-0.4, -0.2) is 6.17 Å². The molecular formula is C9H20N2. The molecule has 1 rings (SSSR count). The van der Waals surface area contributed by atoms with Crippen LogP contribution in [0.2, 0.25) is 0 Å². The van der Waals surface area contributed by atoms with E-state index in [1.165, 1.54) is 38.5 Å². The second-order valence-electron chi connectivity index (χ2n) is 3.75. The molecule has 0 heterocycles. The minimum atomic E-state index is -0.0867. The Balaban J connectivity index is 1.80. The van der Waals surface area contributed by atoms with Crippen molar-refractivity contribution in [1.29, 1.82) is 0 Å². The quantitative estimate of drug-likeness (QED) is 0.469. The lowest BCUT2D eigenvalue weighted by Gasteiger charge is -2.25. The first-order valence-electron chi connectivity index (χ1n) is 4.80. The zero-order valence-electron chi connectivity index (χ0n) is 7.26. The highest BCUT2D eigenvalue weighted by atomic mass is 14.8. The highest BCUT2D eigenvalue weighted by Crippen LogP contribution is 2.30. The van der Waals surface area contributed by atoms with E-state index < -0.39 is 0 Å². The van der Waals surface area contributed by atoms with Crippen LogP contribution in [0.5, 0.6) is 0 Å². The average molecular weight is 156 g/mol. The molecule has 2 heteroatoms. The summed E-state index contributed by atoms with van der Waals surface area (Å²) in [7, 11) is 0. The van der Waals surface area contributed by atoms with E-state index in [4.69, 9.17) is 11.5 Å². The van der Waals surface area contributed by atoms with Gasteiger partial charge in [0.15, 0.2) is 0 Å². The van der Waals surface area contributed by atoms with Crippen molar-refractivity contribution in [2.45, 2.75) is 51.1 Å². The maximum absolute atomic E-state index is 5.43. The zero-order chi connectivity index (χ0) is 8.10. The van der Waals surface area contributed by atoms with Crippen LogP contribution in [0, 0.1) is 5.92 Å². The third kappa shape index (κ3) is 3.73. The maximum atomic E-state index is 5.43. The largest absolute Gasteiger partial charge is 0.316 e. The van der Waals surface area contributed by atoms with Crippen LogP contribution in [-0.2, 0) is 0 Å². The van der Waals surface area contributed by atoms with E-state index in [9.17, 15) is 0 Å². The zero-order valence-corrected chi connectivity index (χ0v) is 7.26. The Morgan fingerprint density at radius 1 is 1.18 bits per heavy atom. The summed E-state index contributed by atoms with van der Waals surface area (Å²) in [5.74, 6) is 1.05. The molecule has 0 saturated heterocycles. The third-order valence-corrected chi connectivity index (χ3v) is 2.62. The molecule has 1 aliphatic rings. The van der Waals surface area contributed by atoms with E-state index in [0.717, 1.165) is 12.3 Å². The number of nitrogens with two attached hydrogens (primary N) is 2. The van der Waals surface area contributed by atoms with Crippen molar-refractivity contribution in [3.8, 4) is 0 Å². The molecule has 1 fully saturated rings. The lowest BCUT2D eigenvalue weighted by molar-refractivity contribution is 0.285. The second-order valence-corrected chi connectivity index (χ2v) is 3.75. The van der Waals surface area contributed by atoms with Gasteiger partial charge in [0.25, 0.3) is 0 Å². The van der Waals surface area contributed by atoms with Crippen LogP contribution in [0.4, 0.5) is 0 Å². The molecule has 0 atom stereocenters. The molecule has 66 valence electrons. The summed E-state index contributed by atoms with van der Waals surface area (Å²) in [6, 6.07) is 0. The fraction of sp³-hybridized carbons (Fsp3) is 1.00. The predicted octanol–water partition coefficient (Wildman–Crippen LogP) is 1.59. The molecule has 0 spiro atoms. The Hall–Kier alpha value is -0.0800. The number of hydrogen-bond donors (Lipinski definition) is 2. The van der Waals surface area contributed by atoms with Crippen molar-refractivity contribution >= 4 is 0 Å². The molecule has 0 unspecified atom stereocenters. The summed E-state index contributed by atoms with van der Waals surface area (Å²) in [5, 5.41) is 0. The van der Waals surface area contributed by atoms with Gasteiger partial charge in [-0.1, -0.05) is 38.5 Å². The van der Waals surface area contributed by atoms with Gasteiger partial charge in [-0.25, -0.2) is 0 Å². The normalized spacial score (nSPS) is 18.8. The van der Waals surface area contributed by atoms with E-state index in [0.29, 0.717) is 0 Å². The van der Waals surface area contributed by atoms with Gasteiger partial charge >= 0.3 is 0 Å². The highest BCUT2D eigenvalue weighted by Gasteiger charge is 2.16. The molecule has 0 radical (unpaired) electrons. The van der Waals surface area contributed by atoms with Crippen LogP contribution in [0.15, 0.2) is 0 Å². The summed E-state index contributed by atoms with van der Waals surface area (Å²) in [6.07, 6.45) is 9.25. The summed E-state index contributed by atoms with van der Waals surface area (Å²) >= 11 is 0. The molecule has 11 heavy (non-hydrogen) atoms. The van der Waals surface area contributed by atoms with Crippen molar-refractivity contribution in [3.63, 3.8) is 0 Å². The monoisotopic (exact) mass is 156 g/mol. The topological polar surface area (TPSA) is 52.0 Å². The first-order chi connectivity index (χ1) is 5.29. The number of unbranched alkanes of at least 4 members (excludes halogenated alkanes) is 1. The van der Waals surface area contributed by atoms with Crippen LogP contribution in [0.3, 0.4) is 0 Å². The molecule has 2 nitrogen and oxygen atoms in total. The molecule has 0 aliphatic heterocycles. The first-order valence-corrected chi connectivity index (χ1v) is 4.80. The lowest BCUT2D eigenvalue weighted by Crippen LogP contribution is -2.29. The van der Waals surface area contributed by atoms with Crippen LogP contribution >= 0.6 is 0 Å². The lowest BCUT2D eigenvalue weighted by atomic mass is 9.82. The second kappa shape index (κ2) is 4.73. The third-order valence-electron chi connectivity index (χ3n) is 2.62. The summed E-state index contributed by atoms with van der Waals surface area (Å²) in [4.78, 5) is 0. The van der Waals surface area contributed by atoms with Crippen LogP contribution in [0.25, 0.3) is 0 Å². The van der Waals surface area contributed by atoms with Crippen LogP contribution < -0.4 is 11.5 Å². The van der Waals surface area contributed by atoms with Gasteiger partial charge in [-0.3, -0.25) is 0 Å². The van der Waals surface area contributed by atoms with Gasteiger partial charge in [-0.15, -0.1) is 0 Å². The summed E-state index contributed by atoms with van der Waals surface area (Å²) < 4.78 is 0. The van der Waals surface area contributed by atoms with Gasteiger partial charge in [0.05, 0.1) is 6.17 Å². The van der Waals surface area contributed by atoms with Gasteiger partial charge in [0, 0.05) is 0 Å². The Labute approximate surface area is 69.3 Å². The summed E-state index contributed by atoms with van der Waals surface area (Å²) in [6.45, 7) is 0. The summed E-state index contributed by atoms with van der Waals surface area (Å²) in [5.41, 5.74) is 10.9. The number of rotatable bonds is 5. The molecular weight excluding hydrogens is 136 g/mol. The number of hydrogen-bond acceptors (Lipinski definition) is 2. The maximum Gasteiger partial charge on any atom is 0.0520 e. The van der Waals surface area contributed by atoms with Crippen molar-refractivity contribution < 1.29 is 0 Å². The van der Waals surface area contributed by atoms with Gasteiger partial charge < -0.3 is 11.5 Å². The Kier molecular flexibility index (Phi) is 3.87. The molecule has 4 N–H and O–H groups in total. The molecule has 0 aromatic rings. The molecule has 0 aromatic heterocycles. The van der Waals surface area contributed by atoms with E-state index >= 15 is 0 Å². The predicted molar refractivity (Wildman–Crippen MR) is 48.0 cm³/mol.